The van der Waals surface area contributed by atoms with E-state index in [1.807, 2.05) is 59.6 Å². The fourth-order valence-corrected chi connectivity index (χ4v) is 5.12. The SMILES string of the molecule is CS(=O)(=O)Nc1ccc(N2C(=S)N[C@@H](c3ccccn3)[C@@H]2c2cccn2-c2ccncc2)cc1. The maximum Gasteiger partial charge on any atom is 0.229 e. The second-order valence-corrected chi connectivity index (χ2v) is 10.1. The molecule has 1 aliphatic rings. The molecule has 1 aliphatic heterocycles. The Hall–Kier alpha value is -3.76. The molecule has 4 heterocycles. The molecule has 2 N–H and O–H groups in total. The molecule has 10 heteroatoms. The maximum atomic E-state index is 11.6. The highest BCUT2D eigenvalue weighted by Gasteiger charge is 2.42. The molecule has 5 rings (SSSR count). The number of nitrogens with one attached hydrogen (secondary N) is 2. The molecule has 1 fully saturated rings. The first kappa shape index (κ1) is 22.1. The first-order valence-corrected chi connectivity index (χ1v) is 12.9. The Bertz CT molecular complexity index is 1410. The average molecular weight is 491 g/mol. The number of pyridine rings is 2. The lowest BCUT2D eigenvalue weighted by Gasteiger charge is -2.29. The van der Waals surface area contributed by atoms with E-state index in [-0.39, 0.29) is 12.1 Å². The lowest BCUT2D eigenvalue weighted by atomic mass is 10.0. The summed E-state index contributed by atoms with van der Waals surface area (Å²) in [5, 5.41) is 4.01. The number of rotatable bonds is 6. The van der Waals surface area contributed by atoms with E-state index in [0.29, 0.717) is 10.8 Å². The van der Waals surface area contributed by atoms with Gasteiger partial charge in [0.1, 0.15) is 6.04 Å². The zero-order valence-corrected chi connectivity index (χ0v) is 19.9. The zero-order chi connectivity index (χ0) is 23.7. The Morgan fingerprint density at radius 1 is 0.941 bits per heavy atom. The van der Waals surface area contributed by atoms with Gasteiger partial charge in [-0.2, -0.15) is 0 Å². The fourth-order valence-electron chi connectivity index (χ4n) is 4.21. The molecule has 172 valence electrons. The van der Waals surface area contributed by atoms with Crippen LogP contribution in [0.15, 0.2) is 91.5 Å². The number of sulfonamides is 1. The van der Waals surface area contributed by atoms with Crippen molar-refractivity contribution in [3.63, 3.8) is 0 Å². The van der Waals surface area contributed by atoms with Gasteiger partial charge in [-0.1, -0.05) is 6.07 Å². The zero-order valence-electron chi connectivity index (χ0n) is 18.2. The van der Waals surface area contributed by atoms with Gasteiger partial charge < -0.3 is 14.8 Å². The van der Waals surface area contributed by atoms with Crippen molar-refractivity contribution in [1.29, 1.82) is 0 Å². The molecule has 3 aromatic heterocycles. The average Bonchev–Trinajstić information content (AvgIpc) is 3.44. The molecule has 0 saturated carbocycles. The molecule has 8 nitrogen and oxygen atoms in total. The van der Waals surface area contributed by atoms with Gasteiger partial charge in [0.05, 0.1) is 18.0 Å². The van der Waals surface area contributed by atoms with Crippen LogP contribution in [-0.2, 0) is 10.0 Å². The van der Waals surface area contributed by atoms with E-state index in [9.17, 15) is 8.42 Å². The molecular formula is C24H22N6O2S2. The highest BCUT2D eigenvalue weighted by Crippen LogP contribution is 2.42. The lowest BCUT2D eigenvalue weighted by Crippen LogP contribution is -2.30. The largest absolute Gasteiger partial charge is 0.351 e. The number of hydrogen-bond acceptors (Lipinski definition) is 5. The van der Waals surface area contributed by atoms with Crippen LogP contribution in [0.4, 0.5) is 11.4 Å². The van der Waals surface area contributed by atoms with Gasteiger partial charge in [-0.05, 0) is 72.9 Å². The summed E-state index contributed by atoms with van der Waals surface area (Å²) < 4.78 is 27.8. The van der Waals surface area contributed by atoms with Crippen molar-refractivity contribution in [1.82, 2.24) is 19.9 Å². The van der Waals surface area contributed by atoms with Crippen molar-refractivity contribution in [2.45, 2.75) is 12.1 Å². The molecule has 0 spiro atoms. The summed E-state index contributed by atoms with van der Waals surface area (Å²) in [6.45, 7) is 0. The molecule has 2 atom stereocenters. The third-order valence-corrected chi connectivity index (χ3v) is 6.49. The number of benzene rings is 1. The van der Waals surface area contributed by atoms with Crippen LogP contribution in [0.2, 0.25) is 0 Å². The molecular weight excluding hydrogens is 468 g/mol. The molecule has 0 amide bonds. The van der Waals surface area contributed by atoms with Gasteiger partial charge >= 0.3 is 0 Å². The van der Waals surface area contributed by atoms with Crippen LogP contribution in [-0.4, -0.2) is 34.3 Å². The van der Waals surface area contributed by atoms with Crippen LogP contribution in [0, 0.1) is 0 Å². The van der Waals surface area contributed by atoms with E-state index >= 15 is 0 Å². The molecule has 0 bridgehead atoms. The second kappa shape index (κ2) is 8.88. The summed E-state index contributed by atoms with van der Waals surface area (Å²) in [5.41, 5.74) is 4.20. The van der Waals surface area contributed by atoms with Crippen molar-refractivity contribution in [3.8, 4) is 5.69 Å². The van der Waals surface area contributed by atoms with E-state index in [2.05, 4.69) is 30.6 Å². The van der Waals surface area contributed by atoms with Gasteiger partial charge in [-0.25, -0.2) is 8.42 Å². The standard InChI is InChI=1S/C24H22N6O2S2/c1-34(31,32)28-17-7-9-19(10-8-17)30-23(22(27-24(30)33)20-5-2-3-13-26-20)21-6-4-16-29(21)18-11-14-25-15-12-18/h2-16,22-23,28H,1H3,(H,27,33)/t22-,23-/m0/s1. The second-order valence-electron chi connectivity index (χ2n) is 7.93. The normalized spacial score (nSPS) is 18.0. The maximum absolute atomic E-state index is 11.6. The van der Waals surface area contributed by atoms with Crippen LogP contribution in [0.3, 0.4) is 0 Å². The Labute approximate surface area is 203 Å². The first-order valence-electron chi connectivity index (χ1n) is 10.6. The van der Waals surface area contributed by atoms with Gasteiger partial charge in [-0.3, -0.25) is 14.7 Å². The lowest BCUT2D eigenvalue weighted by molar-refractivity contribution is 0.549. The summed E-state index contributed by atoms with van der Waals surface area (Å²) in [7, 11) is -3.37. The first-order chi connectivity index (χ1) is 16.4. The Balaban J connectivity index is 1.60. The molecule has 34 heavy (non-hydrogen) atoms. The van der Waals surface area contributed by atoms with Crippen LogP contribution in [0.1, 0.15) is 23.5 Å². The summed E-state index contributed by atoms with van der Waals surface area (Å²) in [6.07, 6.45) is 8.43. The van der Waals surface area contributed by atoms with Crippen molar-refractivity contribution in [2.24, 2.45) is 0 Å². The summed E-state index contributed by atoms with van der Waals surface area (Å²) in [4.78, 5) is 10.8. The highest BCUT2D eigenvalue weighted by molar-refractivity contribution is 7.92. The Morgan fingerprint density at radius 2 is 1.71 bits per heavy atom. The van der Waals surface area contributed by atoms with Crippen molar-refractivity contribution < 1.29 is 8.42 Å². The molecule has 0 radical (unpaired) electrons. The minimum absolute atomic E-state index is 0.196. The predicted molar refractivity (Wildman–Crippen MR) is 136 cm³/mol. The third kappa shape index (κ3) is 4.37. The van der Waals surface area contributed by atoms with Gasteiger partial charge in [-0.15, -0.1) is 0 Å². The molecule has 4 aromatic rings. The van der Waals surface area contributed by atoms with Gasteiger partial charge in [0, 0.05) is 47.5 Å². The third-order valence-electron chi connectivity index (χ3n) is 5.57. The smallest absolute Gasteiger partial charge is 0.229 e. The monoisotopic (exact) mass is 490 g/mol. The molecule has 0 unspecified atom stereocenters. The Morgan fingerprint density at radius 3 is 2.38 bits per heavy atom. The van der Waals surface area contributed by atoms with E-state index in [1.54, 1.807) is 30.7 Å². The van der Waals surface area contributed by atoms with Gasteiger partial charge in [0.25, 0.3) is 0 Å². The van der Waals surface area contributed by atoms with E-state index in [1.165, 1.54) is 0 Å². The minimum atomic E-state index is -3.37. The van der Waals surface area contributed by atoms with E-state index < -0.39 is 10.0 Å². The van der Waals surface area contributed by atoms with Gasteiger partial charge in [0.2, 0.25) is 10.0 Å². The summed E-state index contributed by atoms with van der Waals surface area (Å²) >= 11 is 5.79. The van der Waals surface area contributed by atoms with Crippen LogP contribution in [0.25, 0.3) is 5.69 Å². The predicted octanol–water partition coefficient (Wildman–Crippen LogP) is 3.82. The molecule has 0 aliphatic carbocycles. The number of nitrogens with zero attached hydrogens (tertiary/aromatic N) is 4. The molecule has 1 saturated heterocycles. The topological polar surface area (TPSA) is 92.2 Å². The van der Waals surface area contributed by atoms with Gasteiger partial charge in [0.15, 0.2) is 5.11 Å². The summed E-state index contributed by atoms with van der Waals surface area (Å²) in [5.74, 6) is 0. The van der Waals surface area contributed by atoms with Crippen molar-refractivity contribution in [3.05, 3.63) is 103 Å². The van der Waals surface area contributed by atoms with Crippen molar-refractivity contribution >= 4 is 38.7 Å². The van der Waals surface area contributed by atoms with Crippen LogP contribution >= 0.6 is 12.2 Å². The van der Waals surface area contributed by atoms with Crippen LogP contribution in [0.5, 0.6) is 0 Å². The fraction of sp³-hybridized carbons (Fsp3) is 0.125. The van der Waals surface area contributed by atoms with E-state index in [0.717, 1.165) is 29.0 Å². The van der Waals surface area contributed by atoms with E-state index in [4.69, 9.17) is 12.2 Å². The molecule has 1 aromatic carbocycles. The van der Waals surface area contributed by atoms with Crippen molar-refractivity contribution in [2.75, 3.05) is 15.9 Å². The van der Waals surface area contributed by atoms with Crippen LogP contribution < -0.4 is 14.9 Å². The summed E-state index contributed by atoms with van der Waals surface area (Å²) in [6, 6.07) is 20.6. The number of anilines is 2. The quantitative estimate of drug-likeness (QED) is 0.397. The Kier molecular flexibility index (Phi) is 5.76. The highest BCUT2D eigenvalue weighted by atomic mass is 32.2. The number of thiocarbonyl (C=S) groups is 1. The minimum Gasteiger partial charge on any atom is -0.351 e. The number of aromatic nitrogens is 3. The number of hydrogen-bond donors (Lipinski definition) is 2.